The predicted octanol–water partition coefficient (Wildman–Crippen LogP) is 2.14. The molecule has 0 spiro atoms. The van der Waals surface area contributed by atoms with Crippen molar-refractivity contribution in [3.63, 3.8) is 0 Å². The van der Waals surface area contributed by atoms with Gasteiger partial charge in [-0.3, -0.25) is 10.1 Å². The van der Waals surface area contributed by atoms with Crippen molar-refractivity contribution >= 4 is 22.4 Å². The molecule has 0 saturated heterocycles. The average molecular weight is 290 g/mol. The molecular formula is C14H18N4O3. The number of unbranched alkanes of at least 4 members (excludes halogenated alkanes) is 1. The van der Waals surface area contributed by atoms with Gasteiger partial charge in [0, 0.05) is 30.6 Å². The zero-order valence-corrected chi connectivity index (χ0v) is 11.9. The number of benzene rings is 1. The van der Waals surface area contributed by atoms with E-state index in [1.807, 2.05) is 4.90 Å². The molecule has 112 valence electrons. The first-order valence-corrected chi connectivity index (χ1v) is 6.92. The smallest absolute Gasteiger partial charge is 0.270 e. The van der Waals surface area contributed by atoms with Gasteiger partial charge in [0.25, 0.3) is 5.69 Å². The predicted molar refractivity (Wildman–Crippen MR) is 80.4 cm³/mol. The van der Waals surface area contributed by atoms with Gasteiger partial charge in [0.1, 0.15) is 12.1 Å². The Kier molecular flexibility index (Phi) is 4.99. The molecule has 1 aromatic heterocycles. The van der Waals surface area contributed by atoms with Gasteiger partial charge in [-0.15, -0.1) is 0 Å². The summed E-state index contributed by atoms with van der Waals surface area (Å²) >= 11 is 0. The summed E-state index contributed by atoms with van der Waals surface area (Å²) < 4.78 is 0. The van der Waals surface area contributed by atoms with Crippen LogP contribution in [0.2, 0.25) is 0 Å². The molecule has 0 amide bonds. The first-order valence-electron chi connectivity index (χ1n) is 6.92. The SMILES string of the molecule is CCCCN(CCO)c1ncnc2ccc([N+](=O)[O-])cc12. The highest BCUT2D eigenvalue weighted by molar-refractivity contribution is 5.91. The van der Waals surface area contributed by atoms with Gasteiger partial charge in [-0.05, 0) is 12.5 Å². The molecule has 0 saturated carbocycles. The van der Waals surface area contributed by atoms with Crippen LogP contribution in [0.3, 0.4) is 0 Å². The van der Waals surface area contributed by atoms with Crippen LogP contribution < -0.4 is 4.90 Å². The zero-order chi connectivity index (χ0) is 15.2. The van der Waals surface area contributed by atoms with Crippen molar-refractivity contribution in [2.24, 2.45) is 0 Å². The van der Waals surface area contributed by atoms with Crippen molar-refractivity contribution < 1.29 is 10.0 Å². The molecule has 21 heavy (non-hydrogen) atoms. The molecule has 2 aromatic rings. The van der Waals surface area contributed by atoms with Gasteiger partial charge in [-0.2, -0.15) is 0 Å². The van der Waals surface area contributed by atoms with Crippen molar-refractivity contribution in [3.8, 4) is 0 Å². The zero-order valence-electron chi connectivity index (χ0n) is 11.9. The minimum absolute atomic E-state index is 0.00410. The lowest BCUT2D eigenvalue weighted by atomic mass is 10.2. The van der Waals surface area contributed by atoms with Crippen molar-refractivity contribution in [2.45, 2.75) is 19.8 Å². The number of nitro benzene ring substituents is 1. The maximum atomic E-state index is 10.9. The Labute approximate surface area is 122 Å². The van der Waals surface area contributed by atoms with E-state index in [9.17, 15) is 15.2 Å². The monoisotopic (exact) mass is 290 g/mol. The highest BCUT2D eigenvalue weighted by Crippen LogP contribution is 2.26. The number of nitrogens with zero attached hydrogens (tertiary/aromatic N) is 4. The number of rotatable bonds is 7. The normalized spacial score (nSPS) is 10.8. The van der Waals surface area contributed by atoms with Crippen molar-refractivity contribution in [1.82, 2.24) is 9.97 Å². The second-order valence-corrected chi connectivity index (χ2v) is 4.72. The molecular weight excluding hydrogens is 272 g/mol. The van der Waals surface area contributed by atoms with E-state index in [0.717, 1.165) is 19.4 Å². The van der Waals surface area contributed by atoms with Crippen molar-refractivity contribution in [2.75, 3.05) is 24.6 Å². The van der Waals surface area contributed by atoms with E-state index in [1.165, 1.54) is 18.5 Å². The van der Waals surface area contributed by atoms with Crippen molar-refractivity contribution in [3.05, 3.63) is 34.6 Å². The average Bonchev–Trinajstić information content (AvgIpc) is 2.50. The Hall–Kier alpha value is -2.28. The number of hydrogen-bond acceptors (Lipinski definition) is 6. The Morgan fingerprint density at radius 2 is 2.14 bits per heavy atom. The number of hydrogen-bond donors (Lipinski definition) is 1. The number of fused-ring (bicyclic) bond motifs is 1. The number of aliphatic hydroxyl groups is 1. The maximum absolute atomic E-state index is 10.9. The third-order valence-corrected chi connectivity index (χ3v) is 3.26. The molecule has 0 atom stereocenters. The van der Waals surface area contributed by atoms with Crippen LogP contribution in [-0.4, -0.2) is 39.7 Å². The molecule has 0 unspecified atom stereocenters. The van der Waals surface area contributed by atoms with Gasteiger partial charge in [-0.25, -0.2) is 9.97 Å². The molecule has 0 aliphatic carbocycles. The molecule has 2 rings (SSSR count). The fraction of sp³-hybridized carbons (Fsp3) is 0.429. The molecule has 7 nitrogen and oxygen atoms in total. The first kappa shape index (κ1) is 15.1. The molecule has 0 fully saturated rings. The van der Waals surface area contributed by atoms with Crippen LogP contribution in [0.1, 0.15) is 19.8 Å². The van der Waals surface area contributed by atoms with Crippen LogP contribution in [0, 0.1) is 10.1 Å². The minimum atomic E-state index is -0.432. The fourth-order valence-corrected chi connectivity index (χ4v) is 2.19. The van der Waals surface area contributed by atoms with Gasteiger partial charge in [0.05, 0.1) is 17.0 Å². The summed E-state index contributed by atoms with van der Waals surface area (Å²) in [6, 6.07) is 4.54. The van der Waals surface area contributed by atoms with Crippen LogP contribution in [-0.2, 0) is 0 Å². The van der Waals surface area contributed by atoms with Gasteiger partial charge in [0.2, 0.25) is 0 Å². The molecule has 0 bridgehead atoms. The van der Waals surface area contributed by atoms with E-state index in [4.69, 9.17) is 0 Å². The molecule has 1 aromatic carbocycles. The standard InChI is InChI=1S/C14H18N4O3/c1-2-3-6-17(7-8-19)14-12-9-11(18(20)21)4-5-13(12)15-10-16-14/h4-5,9-10,19H,2-3,6-8H2,1H3. The molecule has 7 heteroatoms. The number of aliphatic hydroxyl groups excluding tert-OH is 1. The van der Waals surface area contributed by atoms with Crippen LogP contribution in [0.25, 0.3) is 10.9 Å². The van der Waals surface area contributed by atoms with Gasteiger partial charge >= 0.3 is 0 Å². The van der Waals surface area contributed by atoms with Gasteiger partial charge in [-0.1, -0.05) is 13.3 Å². The number of aromatic nitrogens is 2. The summed E-state index contributed by atoms with van der Waals surface area (Å²) in [5.74, 6) is 0.631. The maximum Gasteiger partial charge on any atom is 0.270 e. The van der Waals surface area contributed by atoms with E-state index >= 15 is 0 Å². The Balaban J connectivity index is 2.49. The fourth-order valence-electron chi connectivity index (χ4n) is 2.19. The highest BCUT2D eigenvalue weighted by atomic mass is 16.6. The molecule has 0 radical (unpaired) electrons. The third kappa shape index (κ3) is 3.43. The molecule has 0 aliphatic rings. The lowest BCUT2D eigenvalue weighted by Crippen LogP contribution is -2.28. The second kappa shape index (κ2) is 6.94. The summed E-state index contributed by atoms with van der Waals surface area (Å²) in [5.41, 5.74) is 0.669. The van der Waals surface area contributed by atoms with E-state index in [0.29, 0.717) is 23.3 Å². The number of non-ortho nitro benzene ring substituents is 1. The largest absolute Gasteiger partial charge is 0.395 e. The van der Waals surface area contributed by atoms with E-state index in [1.54, 1.807) is 6.07 Å². The number of anilines is 1. The minimum Gasteiger partial charge on any atom is -0.395 e. The Bertz CT molecular complexity index is 633. The molecule has 1 N–H and O–H groups in total. The second-order valence-electron chi connectivity index (χ2n) is 4.72. The Morgan fingerprint density at radius 3 is 2.81 bits per heavy atom. The van der Waals surface area contributed by atoms with Gasteiger partial charge < -0.3 is 10.0 Å². The lowest BCUT2D eigenvalue weighted by molar-refractivity contribution is -0.384. The summed E-state index contributed by atoms with van der Waals surface area (Å²) in [6.45, 7) is 3.27. The quantitative estimate of drug-likeness (QED) is 0.620. The third-order valence-electron chi connectivity index (χ3n) is 3.26. The topological polar surface area (TPSA) is 92.4 Å². The molecule has 0 aliphatic heterocycles. The van der Waals surface area contributed by atoms with Crippen molar-refractivity contribution in [1.29, 1.82) is 0 Å². The summed E-state index contributed by atoms with van der Waals surface area (Å²) in [6.07, 6.45) is 3.42. The highest BCUT2D eigenvalue weighted by Gasteiger charge is 2.15. The number of nitro groups is 1. The van der Waals surface area contributed by atoms with Crippen LogP contribution in [0.4, 0.5) is 11.5 Å². The van der Waals surface area contributed by atoms with E-state index < -0.39 is 4.92 Å². The first-order chi connectivity index (χ1) is 10.2. The van der Waals surface area contributed by atoms with Gasteiger partial charge in [0.15, 0.2) is 0 Å². The Morgan fingerprint density at radius 1 is 1.33 bits per heavy atom. The molecule has 1 heterocycles. The summed E-state index contributed by atoms with van der Waals surface area (Å²) in [4.78, 5) is 20.8. The van der Waals surface area contributed by atoms with E-state index in [-0.39, 0.29) is 12.3 Å². The van der Waals surface area contributed by atoms with Crippen LogP contribution >= 0.6 is 0 Å². The van der Waals surface area contributed by atoms with E-state index in [2.05, 4.69) is 16.9 Å². The van der Waals surface area contributed by atoms with Crippen LogP contribution in [0.15, 0.2) is 24.5 Å². The summed E-state index contributed by atoms with van der Waals surface area (Å²) in [7, 11) is 0. The van der Waals surface area contributed by atoms with Crippen LogP contribution in [0.5, 0.6) is 0 Å². The lowest BCUT2D eigenvalue weighted by Gasteiger charge is -2.23. The summed E-state index contributed by atoms with van der Waals surface area (Å²) in [5, 5.41) is 20.8.